The Kier molecular flexibility index (Phi) is 5.56. The van der Waals surface area contributed by atoms with Crippen molar-refractivity contribution in [2.24, 2.45) is 4.99 Å². The molecule has 0 bridgehead atoms. The summed E-state index contributed by atoms with van der Waals surface area (Å²) >= 11 is 5.84. The topological polar surface area (TPSA) is 45.6 Å². The van der Waals surface area contributed by atoms with Gasteiger partial charge in [-0.25, -0.2) is 14.4 Å². The number of benzene rings is 1. The van der Waals surface area contributed by atoms with E-state index in [4.69, 9.17) is 16.6 Å². The van der Waals surface area contributed by atoms with Crippen LogP contribution in [0.2, 0.25) is 5.02 Å². The Morgan fingerprint density at radius 1 is 1.32 bits per heavy atom. The molecule has 1 aromatic heterocycles. The third kappa shape index (κ3) is 4.01. The number of carbonyl (C=O) groups is 1. The highest BCUT2D eigenvalue weighted by molar-refractivity contribution is 6.30. The minimum atomic E-state index is -0.478. The zero-order valence-electron chi connectivity index (χ0n) is 15.9. The lowest BCUT2D eigenvalue weighted by Crippen LogP contribution is -2.37. The second-order valence-corrected chi connectivity index (χ2v) is 8.11. The van der Waals surface area contributed by atoms with Crippen molar-refractivity contribution >= 4 is 28.9 Å². The van der Waals surface area contributed by atoms with Crippen molar-refractivity contribution < 1.29 is 9.18 Å². The molecule has 2 aliphatic rings. The minimum Gasteiger partial charge on any atom is -0.303 e. The Balaban J connectivity index is 1.49. The number of aromatic nitrogens is 1. The molecule has 2 aromatic rings. The van der Waals surface area contributed by atoms with Crippen molar-refractivity contribution in [3.8, 4) is 0 Å². The third-order valence-corrected chi connectivity index (χ3v) is 6.01. The number of pyridine rings is 1. The summed E-state index contributed by atoms with van der Waals surface area (Å²) in [5, 5.41) is 0.0347. The lowest BCUT2D eigenvalue weighted by Gasteiger charge is -2.32. The van der Waals surface area contributed by atoms with Crippen LogP contribution in [0.3, 0.4) is 0 Å². The van der Waals surface area contributed by atoms with Gasteiger partial charge >= 0.3 is 0 Å². The highest BCUT2D eigenvalue weighted by Crippen LogP contribution is 2.31. The Morgan fingerprint density at radius 3 is 2.96 bits per heavy atom. The summed E-state index contributed by atoms with van der Waals surface area (Å²) in [5.41, 5.74) is 3.37. The first-order valence-corrected chi connectivity index (χ1v) is 10.1. The van der Waals surface area contributed by atoms with Crippen molar-refractivity contribution in [1.29, 1.82) is 0 Å². The quantitative estimate of drug-likeness (QED) is 0.678. The van der Waals surface area contributed by atoms with Crippen molar-refractivity contribution in [2.45, 2.75) is 44.6 Å². The van der Waals surface area contributed by atoms with E-state index in [1.54, 1.807) is 18.3 Å². The van der Waals surface area contributed by atoms with Crippen LogP contribution in [0.25, 0.3) is 0 Å². The lowest BCUT2D eigenvalue weighted by atomic mass is 9.94. The second-order valence-electron chi connectivity index (χ2n) is 7.70. The summed E-state index contributed by atoms with van der Waals surface area (Å²) < 4.78 is 13.4. The molecule has 0 radical (unpaired) electrons. The standard InChI is InChI=1S/C22H23ClFN3O/c1-27-9-3-2-4-16(27)12-15-13-18-17(7-8-25-22(18)26-15)21(28)11-14-5-6-20(24)19(23)10-14/h5-8,10,16H,2-4,9,11-13H2,1H3. The van der Waals surface area contributed by atoms with Gasteiger partial charge in [-0.3, -0.25) is 4.79 Å². The number of hydrogen-bond donors (Lipinski definition) is 0. The molecule has 0 saturated carbocycles. The Bertz CT molecular complexity index is 943. The lowest BCUT2D eigenvalue weighted by molar-refractivity contribution is 0.0992. The van der Waals surface area contributed by atoms with E-state index in [2.05, 4.69) is 16.9 Å². The number of hydrogen-bond acceptors (Lipinski definition) is 4. The van der Waals surface area contributed by atoms with E-state index >= 15 is 0 Å². The van der Waals surface area contributed by atoms with Crippen LogP contribution in [0.15, 0.2) is 35.5 Å². The maximum atomic E-state index is 13.4. The molecule has 28 heavy (non-hydrogen) atoms. The van der Waals surface area contributed by atoms with Gasteiger partial charge in [0.1, 0.15) is 5.82 Å². The van der Waals surface area contributed by atoms with E-state index in [1.807, 2.05) is 0 Å². The number of ketones is 1. The zero-order valence-corrected chi connectivity index (χ0v) is 16.7. The Hall–Kier alpha value is -2.11. The summed E-state index contributed by atoms with van der Waals surface area (Å²) in [5.74, 6) is 0.164. The number of rotatable bonds is 5. The summed E-state index contributed by atoms with van der Waals surface area (Å²) in [4.78, 5) is 24.4. The predicted octanol–water partition coefficient (Wildman–Crippen LogP) is 4.80. The van der Waals surface area contributed by atoms with Gasteiger partial charge in [-0.2, -0.15) is 0 Å². The average molecular weight is 400 g/mol. The van der Waals surface area contributed by atoms with E-state index in [0.717, 1.165) is 24.2 Å². The van der Waals surface area contributed by atoms with E-state index in [9.17, 15) is 9.18 Å². The fourth-order valence-electron chi connectivity index (χ4n) is 4.13. The molecule has 0 amide bonds. The molecule has 0 aliphatic carbocycles. The Labute approximate surface area is 169 Å². The van der Waals surface area contributed by atoms with Gasteiger partial charge in [-0.05, 0) is 50.2 Å². The first-order valence-electron chi connectivity index (χ1n) is 9.73. The molecule has 0 N–H and O–H groups in total. The van der Waals surface area contributed by atoms with Gasteiger partial charge < -0.3 is 4.90 Å². The molecule has 1 atom stereocenters. The SMILES string of the molecule is CN1CCCCC1CC1=Nc2nccc(C(=O)Cc3ccc(F)c(Cl)c3)c2C1. The van der Waals surface area contributed by atoms with Crippen LogP contribution in [-0.4, -0.2) is 41.0 Å². The smallest absolute Gasteiger partial charge is 0.167 e. The molecule has 1 aromatic carbocycles. The average Bonchev–Trinajstić information content (AvgIpc) is 3.09. The molecule has 4 rings (SSSR count). The van der Waals surface area contributed by atoms with E-state index in [0.29, 0.717) is 29.4 Å². The summed E-state index contributed by atoms with van der Waals surface area (Å²) in [6.07, 6.45) is 7.13. The van der Waals surface area contributed by atoms with Gasteiger partial charge in [0, 0.05) is 48.3 Å². The van der Waals surface area contributed by atoms with Crippen molar-refractivity contribution in [3.63, 3.8) is 0 Å². The van der Waals surface area contributed by atoms with Crippen molar-refractivity contribution in [1.82, 2.24) is 9.88 Å². The van der Waals surface area contributed by atoms with E-state index < -0.39 is 5.82 Å². The van der Waals surface area contributed by atoms with Gasteiger partial charge in [0.25, 0.3) is 0 Å². The Morgan fingerprint density at radius 2 is 2.18 bits per heavy atom. The molecular formula is C22H23ClFN3O. The molecule has 1 saturated heterocycles. The van der Waals surface area contributed by atoms with Crippen molar-refractivity contribution in [3.05, 3.63) is 58.0 Å². The monoisotopic (exact) mass is 399 g/mol. The van der Waals surface area contributed by atoms with Crippen molar-refractivity contribution in [2.75, 3.05) is 13.6 Å². The molecule has 4 nitrogen and oxygen atoms in total. The largest absolute Gasteiger partial charge is 0.303 e. The van der Waals surface area contributed by atoms with Crippen LogP contribution in [0.4, 0.5) is 10.2 Å². The molecular weight excluding hydrogens is 377 g/mol. The minimum absolute atomic E-state index is 0.0208. The van der Waals surface area contributed by atoms with Gasteiger partial charge in [-0.1, -0.05) is 24.1 Å². The second kappa shape index (κ2) is 8.10. The summed E-state index contributed by atoms with van der Waals surface area (Å²) in [6, 6.07) is 6.68. The molecule has 146 valence electrons. The molecule has 1 unspecified atom stereocenters. The molecule has 1 fully saturated rings. The van der Waals surface area contributed by atoms with Crippen LogP contribution in [-0.2, 0) is 12.8 Å². The third-order valence-electron chi connectivity index (χ3n) is 5.72. The summed E-state index contributed by atoms with van der Waals surface area (Å²) in [7, 11) is 2.17. The number of fused-ring (bicyclic) bond motifs is 1. The fraction of sp³-hybridized carbons (Fsp3) is 0.409. The molecule has 0 spiro atoms. The number of nitrogens with zero attached hydrogens (tertiary/aromatic N) is 3. The number of halogens is 2. The van der Waals surface area contributed by atoms with Crippen LogP contribution in [0, 0.1) is 5.82 Å². The molecule has 6 heteroatoms. The molecule has 3 heterocycles. The van der Waals surface area contributed by atoms with Gasteiger partial charge in [0.05, 0.1) is 5.02 Å². The number of likely N-dealkylation sites (tertiary alicyclic amines) is 1. The number of piperidine rings is 1. The number of aliphatic imine (C=N–C) groups is 1. The van der Waals surface area contributed by atoms with Crippen LogP contribution < -0.4 is 0 Å². The maximum Gasteiger partial charge on any atom is 0.167 e. The number of carbonyl (C=O) groups excluding carboxylic acids is 1. The highest BCUT2D eigenvalue weighted by atomic mass is 35.5. The molecule has 2 aliphatic heterocycles. The highest BCUT2D eigenvalue weighted by Gasteiger charge is 2.26. The fourth-order valence-corrected chi connectivity index (χ4v) is 4.33. The van der Waals surface area contributed by atoms with E-state index in [-0.39, 0.29) is 17.2 Å². The normalized spacial score (nSPS) is 19.4. The van der Waals surface area contributed by atoms with E-state index in [1.165, 1.54) is 31.4 Å². The van der Waals surface area contributed by atoms with Crippen LogP contribution in [0.1, 0.15) is 47.2 Å². The maximum absolute atomic E-state index is 13.4. The first-order chi connectivity index (χ1) is 13.5. The predicted molar refractivity (Wildman–Crippen MR) is 109 cm³/mol. The van der Waals surface area contributed by atoms with Gasteiger partial charge in [0.2, 0.25) is 0 Å². The zero-order chi connectivity index (χ0) is 19.7. The van der Waals surface area contributed by atoms with Crippen LogP contribution >= 0.6 is 11.6 Å². The van der Waals surface area contributed by atoms with Gasteiger partial charge in [0.15, 0.2) is 11.6 Å². The van der Waals surface area contributed by atoms with Crippen LogP contribution in [0.5, 0.6) is 0 Å². The number of Topliss-reactive ketones (excluding diaryl/α,β-unsaturated/α-hetero) is 1. The first kappa shape index (κ1) is 19.2. The van der Waals surface area contributed by atoms with Gasteiger partial charge in [-0.15, -0.1) is 0 Å². The summed E-state index contributed by atoms with van der Waals surface area (Å²) in [6.45, 7) is 1.13.